The van der Waals surface area contributed by atoms with Crippen molar-refractivity contribution in [1.29, 1.82) is 0 Å². The molecule has 1 rings (SSSR count). The Hall–Kier alpha value is -0.370. The number of ketones is 1. The molecule has 0 spiro atoms. The highest BCUT2D eigenvalue weighted by atomic mass is 16.1. The molecular formula is C13H25NO. The summed E-state index contributed by atoms with van der Waals surface area (Å²) in [6.45, 7) is 6.17. The Morgan fingerprint density at radius 1 is 1.33 bits per heavy atom. The maximum atomic E-state index is 11.9. The summed E-state index contributed by atoms with van der Waals surface area (Å²) in [7, 11) is 2.06. The zero-order valence-electron chi connectivity index (χ0n) is 10.5. The lowest BCUT2D eigenvalue weighted by Crippen LogP contribution is -2.30. The van der Waals surface area contributed by atoms with Crippen LogP contribution in [0.15, 0.2) is 0 Å². The third-order valence-corrected chi connectivity index (χ3v) is 3.32. The van der Waals surface area contributed by atoms with E-state index in [1.54, 1.807) is 0 Å². The number of hydrogen-bond donors (Lipinski definition) is 0. The van der Waals surface area contributed by atoms with E-state index in [2.05, 4.69) is 25.8 Å². The largest absolute Gasteiger partial charge is 0.299 e. The van der Waals surface area contributed by atoms with E-state index in [-0.39, 0.29) is 0 Å². The van der Waals surface area contributed by atoms with Gasteiger partial charge in [0, 0.05) is 5.92 Å². The third-order valence-electron chi connectivity index (χ3n) is 3.32. The molecule has 1 fully saturated rings. The van der Waals surface area contributed by atoms with Gasteiger partial charge in [0.2, 0.25) is 0 Å². The third kappa shape index (κ3) is 4.78. The summed E-state index contributed by atoms with van der Waals surface area (Å²) < 4.78 is 0. The summed E-state index contributed by atoms with van der Waals surface area (Å²) in [6.07, 6.45) is 5.97. The van der Waals surface area contributed by atoms with Gasteiger partial charge in [0.1, 0.15) is 5.78 Å². The molecule has 1 saturated carbocycles. The molecule has 0 atom stereocenters. The van der Waals surface area contributed by atoms with Crippen LogP contribution in [0.4, 0.5) is 0 Å². The number of likely N-dealkylation sites (N-methyl/N-ethyl adjacent to an activating group) is 1. The molecule has 0 heterocycles. The van der Waals surface area contributed by atoms with E-state index >= 15 is 0 Å². The highest BCUT2D eigenvalue weighted by Crippen LogP contribution is 2.25. The molecule has 1 aliphatic rings. The molecule has 15 heavy (non-hydrogen) atoms. The number of rotatable bonds is 6. The van der Waals surface area contributed by atoms with Gasteiger partial charge in [-0.05, 0) is 38.8 Å². The minimum Gasteiger partial charge on any atom is -0.299 e. The molecule has 2 heteroatoms. The van der Waals surface area contributed by atoms with Gasteiger partial charge in [-0.25, -0.2) is 0 Å². The summed E-state index contributed by atoms with van der Waals surface area (Å²) in [5.41, 5.74) is 0. The molecule has 0 amide bonds. The van der Waals surface area contributed by atoms with Crippen molar-refractivity contribution in [1.82, 2.24) is 4.90 Å². The first kappa shape index (κ1) is 12.7. The molecule has 0 aromatic heterocycles. The fourth-order valence-corrected chi connectivity index (χ4v) is 2.20. The molecule has 0 saturated heterocycles. The second-order valence-electron chi connectivity index (χ2n) is 5.37. The SMILES string of the molecule is CC(C)CCN(C)CC(=O)C1CCCC1. The van der Waals surface area contributed by atoms with Crippen molar-refractivity contribution >= 4 is 5.78 Å². The number of nitrogens with zero attached hydrogens (tertiary/aromatic N) is 1. The Morgan fingerprint density at radius 3 is 2.47 bits per heavy atom. The lowest BCUT2D eigenvalue weighted by molar-refractivity contribution is -0.123. The molecule has 0 unspecified atom stereocenters. The van der Waals surface area contributed by atoms with Crippen LogP contribution < -0.4 is 0 Å². The second-order valence-corrected chi connectivity index (χ2v) is 5.37. The Bertz CT molecular complexity index is 195. The lowest BCUT2D eigenvalue weighted by atomic mass is 10.0. The Labute approximate surface area is 94.0 Å². The topological polar surface area (TPSA) is 20.3 Å². The van der Waals surface area contributed by atoms with Gasteiger partial charge in [-0.15, -0.1) is 0 Å². The van der Waals surface area contributed by atoms with Crippen molar-refractivity contribution in [2.45, 2.75) is 46.0 Å². The highest BCUT2D eigenvalue weighted by molar-refractivity contribution is 5.83. The fraction of sp³-hybridized carbons (Fsp3) is 0.923. The van der Waals surface area contributed by atoms with Crippen LogP contribution in [0.5, 0.6) is 0 Å². The molecule has 0 radical (unpaired) electrons. The van der Waals surface area contributed by atoms with E-state index in [0.717, 1.165) is 25.3 Å². The van der Waals surface area contributed by atoms with Crippen molar-refractivity contribution in [3.8, 4) is 0 Å². The molecular weight excluding hydrogens is 186 g/mol. The van der Waals surface area contributed by atoms with Gasteiger partial charge >= 0.3 is 0 Å². The molecule has 0 aromatic rings. The first-order valence-corrected chi connectivity index (χ1v) is 6.31. The van der Waals surface area contributed by atoms with Crippen LogP contribution in [0.1, 0.15) is 46.0 Å². The van der Waals surface area contributed by atoms with Gasteiger partial charge < -0.3 is 0 Å². The van der Waals surface area contributed by atoms with E-state index < -0.39 is 0 Å². The van der Waals surface area contributed by atoms with Gasteiger partial charge in [-0.1, -0.05) is 26.7 Å². The summed E-state index contributed by atoms with van der Waals surface area (Å²) >= 11 is 0. The van der Waals surface area contributed by atoms with E-state index in [0.29, 0.717) is 18.2 Å². The normalized spacial score (nSPS) is 17.9. The van der Waals surface area contributed by atoms with Crippen LogP contribution in [0, 0.1) is 11.8 Å². The van der Waals surface area contributed by atoms with Gasteiger partial charge in [-0.2, -0.15) is 0 Å². The zero-order valence-corrected chi connectivity index (χ0v) is 10.5. The predicted molar refractivity (Wildman–Crippen MR) is 63.9 cm³/mol. The summed E-state index contributed by atoms with van der Waals surface area (Å²) in [4.78, 5) is 14.0. The Kier molecular flexibility index (Phi) is 5.30. The summed E-state index contributed by atoms with van der Waals surface area (Å²) in [5, 5.41) is 0. The standard InChI is InChI=1S/C13H25NO/c1-11(2)8-9-14(3)10-13(15)12-6-4-5-7-12/h11-12H,4-10H2,1-3H3. The van der Waals surface area contributed by atoms with Crippen LogP contribution in [0.3, 0.4) is 0 Å². The average molecular weight is 211 g/mol. The quantitative estimate of drug-likeness (QED) is 0.673. The van der Waals surface area contributed by atoms with E-state index in [1.165, 1.54) is 19.3 Å². The van der Waals surface area contributed by atoms with Gasteiger partial charge in [-0.3, -0.25) is 9.69 Å². The zero-order chi connectivity index (χ0) is 11.3. The maximum absolute atomic E-state index is 11.9. The Balaban J connectivity index is 2.18. The monoisotopic (exact) mass is 211 g/mol. The van der Waals surface area contributed by atoms with E-state index in [4.69, 9.17) is 0 Å². The smallest absolute Gasteiger partial charge is 0.149 e. The number of Topliss-reactive ketones (excluding diaryl/α,β-unsaturated/α-hetero) is 1. The molecule has 0 bridgehead atoms. The van der Waals surface area contributed by atoms with Crippen LogP contribution in [-0.2, 0) is 4.79 Å². The number of carbonyl (C=O) groups is 1. The number of hydrogen-bond acceptors (Lipinski definition) is 2. The van der Waals surface area contributed by atoms with Crippen LogP contribution >= 0.6 is 0 Å². The summed E-state index contributed by atoms with van der Waals surface area (Å²) in [5.74, 6) is 1.58. The van der Waals surface area contributed by atoms with Crippen molar-refractivity contribution in [3.05, 3.63) is 0 Å². The maximum Gasteiger partial charge on any atom is 0.149 e. The molecule has 0 N–H and O–H groups in total. The van der Waals surface area contributed by atoms with Gasteiger partial charge in [0.05, 0.1) is 6.54 Å². The lowest BCUT2D eigenvalue weighted by Gasteiger charge is -2.18. The van der Waals surface area contributed by atoms with Gasteiger partial charge in [0.25, 0.3) is 0 Å². The predicted octanol–water partition coefficient (Wildman–Crippen LogP) is 2.72. The van der Waals surface area contributed by atoms with Crippen molar-refractivity contribution in [3.63, 3.8) is 0 Å². The van der Waals surface area contributed by atoms with Gasteiger partial charge in [0.15, 0.2) is 0 Å². The van der Waals surface area contributed by atoms with Crippen molar-refractivity contribution in [2.75, 3.05) is 20.1 Å². The summed E-state index contributed by atoms with van der Waals surface area (Å²) in [6, 6.07) is 0. The molecule has 0 aliphatic heterocycles. The fourth-order valence-electron chi connectivity index (χ4n) is 2.20. The van der Waals surface area contributed by atoms with Crippen LogP contribution in [0.2, 0.25) is 0 Å². The second kappa shape index (κ2) is 6.26. The van der Waals surface area contributed by atoms with E-state index in [9.17, 15) is 4.79 Å². The van der Waals surface area contributed by atoms with Crippen molar-refractivity contribution < 1.29 is 4.79 Å². The minimum atomic E-state index is 0.381. The van der Waals surface area contributed by atoms with E-state index in [1.807, 2.05) is 0 Å². The van der Waals surface area contributed by atoms with Crippen LogP contribution in [0.25, 0.3) is 0 Å². The first-order chi connectivity index (χ1) is 7.09. The molecule has 0 aromatic carbocycles. The first-order valence-electron chi connectivity index (χ1n) is 6.31. The van der Waals surface area contributed by atoms with Crippen molar-refractivity contribution in [2.24, 2.45) is 11.8 Å². The van der Waals surface area contributed by atoms with Crippen LogP contribution in [-0.4, -0.2) is 30.8 Å². The number of carbonyl (C=O) groups excluding carboxylic acids is 1. The average Bonchev–Trinajstić information content (AvgIpc) is 2.67. The minimum absolute atomic E-state index is 0.381. The Morgan fingerprint density at radius 2 is 1.93 bits per heavy atom. The molecule has 2 nitrogen and oxygen atoms in total. The highest BCUT2D eigenvalue weighted by Gasteiger charge is 2.23. The molecule has 1 aliphatic carbocycles. The molecule has 88 valence electrons.